The molecule has 21 heavy (non-hydrogen) atoms. The third-order valence-corrected chi connectivity index (χ3v) is 3.79. The number of hydrogen-bond acceptors (Lipinski definition) is 3. The van der Waals surface area contributed by atoms with Crippen molar-refractivity contribution in [2.75, 3.05) is 22.9 Å². The summed E-state index contributed by atoms with van der Waals surface area (Å²) in [5.41, 5.74) is 12.6. The van der Waals surface area contributed by atoms with Crippen molar-refractivity contribution in [3.8, 4) is 0 Å². The van der Waals surface area contributed by atoms with E-state index in [-0.39, 0.29) is 18.9 Å². The van der Waals surface area contributed by atoms with E-state index >= 15 is 0 Å². The normalized spacial score (nSPS) is 17.2. The summed E-state index contributed by atoms with van der Waals surface area (Å²) in [6.45, 7) is 3.47. The first-order chi connectivity index (χ1) is 9.54. The lowest BCUT2D eigenvalue weighted by Crippen LogP contribution is -2.37. The molecule has 4 nitrogen and oxygen atoms in total. The van der Waals surface area contributed by atoms with E-state index in [1.807, 2.05) is 0 Å². The molecule has 0 fully saturated rings. The van der Waals surface area contributed by atoms with E-state index in [0.717, 1.165) is 0 Å². The molecule has 0 unspecified atom stereocenters. The van der Waals surface area contributed by atoms with Crippen LogP contribution in [0.1, 0.15) is 32.3 Å². The predicted octanol–water partition coefficient (Wildman–Crippen LogP) is 2.82. The lowest BCUT2D eigenvalue weighted by Gasteiger charge is -2.20. The Hall–Kier alpha value is -1.92. The first-order valence-corrected chi connectivity index (χ1v) is 6.62. The number of nitrogen functional groups attached to an aromatic ring is 2. The Morgan fingerprint density at radius 1 is 1.19 bits per heavy atom. The van der Waals surface area contributed by atoms with Crippen molar-refractivity contribution in [2.45, 2.75) is 38.3 Å². The van der Waals surface area contributed by atoms with Gasteiger partial charge in [0.2, 0.25) is 5.91 Å². The largest absolute Gasteiger partial charge is 0.397 e. The molecule has 1 aromatic rings. The van der Waals surface area contributed by atoms with E-state index in [1.165, 1.54) is 4.90 Å². The van der Waals surface area contributed by atoms with Gasteiger partial charge in [-0.1, -0.05) is 0 Å². The molecule has 4 N–H and O–H groups in total. The fraction of sp³-hybridized carbons (Fsp3) is 0.500. The van der Waals surface area contributed by atoms with Crippen LogP contribution in [-0.4, -0.2) is 18.6 Å². The number of carbonyl (C=O) groups excluding carboxylic acids is 1. The summed E-state index contributed by atoms with van der Waals surface area (Å²) in [6, 6.07) is 3.19. The van der Waals surface area contributed by atoms with Crippen LogP contribution >= 0.6 is 0 Å². The number of carbonyl (C=O) groups is 1. The Kier molecular flexibility index (Phi) is 3.55. The molecule has 0 spiro atoms. The number of hydrogen-bond donors (Lipinski definition) is 2. The van der Waals surface area contributed by atoms with E-state index < -0.39 is 18.0 Å². The molecule has 0 aliphatic carbocycles. The summed E-state index contributed by atoms with van der Waals surface area (Å²) in [7, 11) is 0. The van der Waals surface area contributed by atoms with Crippen LogP contribution in [0.5, 0.6) is 0 Å². The van der Waals surface area contributed by atoms with Crippen molar-refractivity contribution in [3.05, 3.63) is 17.7 Å². The molecule has 0 bridgehead atoms. The maximum atomic E-state index is 12.4. The molecule has 1 aliphatic rings. The van der Waals surface area contributed by atoms with Gasteiger partial charge >= 0.3 is 6.18 Å². The molecule has 0 saturated carbocycles. The second kappa shape index (κ2) is 4.82. The minimum absolute atomic E-state index is 0.0120. The van der Waals surface area contributed by atoms with Gasteiger partial charge in [-0.05, 0) is 38.0 Å². The molecule has 1 aliphatic heterocycles. The Labute approximate surface area is 120 Å². The van der Waals surface area contributed by atoms with E-state index in [9.17, 15) is 18.0 Å². The van der Waals surface area contributed by atoms with Crippen LogP contribution in [0.25, 0.3) is 0 Å². The summed E-state index contributed by atoms with van der Waals surface area (Å²) in [6.07, 6.45) is -5.28. The van der Waals surface area contributed by atoms with Gasteiger partial charge < -0.3 is 16.4 Å². The van der Waals surface area contributed by atoms with Gasteiger partial charge in [0, 0.05) is 13.0 Å². The summed E-state index contributed by atoms with van der Waals surface area (Å²) in [4.78, 5) is 13.8. The van der Waals surface area contributed by atoms with Gasteiger partial charge in [0.15, 0.2) is 0 Å². The van der Waals surface area contributed by atoms with Gasteiger partial charge in [-0.15, -0.1) is 0 Å². The highest BCUT2D eigenvalue weighted by Crippen LogP contribution is 2.44. The number of rotatable bonds is 3. The number of alkyl halides is 3. The van der Waals surface area contributed by atoms with Crippen molar-refractivity contribution >= 4 is 23.0 Å². The summed E-state index contributed by atoms with van der Waals surface area (Å²) in [5, 5.41) is 0. The highest BCUT2D eigenvalue weighted by molar-refractivity contribution is 6.08. The molecular weight excluding hydrogens is 283 g/mol. The topological polar surface area (TPSA) is 72.3 Å². The van der Waals surface area contributed by atoms with Crippen molar-refractivity contribution < 1.29 is 18.0 Å². The highest BCUT2D eigenvalue weighted by atomic mass is 19.4. The van der Waals surface area contributed by atoms with Crippen molar-refractivity contribution in [3.63, 3.8) is 0 Å². The standard InChI is InChI=1S/C14H18F3N3O/c1-13(2)8-6-9(18)10(19)7-11(8)20(12(13)21)5-3-4-14(15,16)17/h6-7H,3-5,18-19H2,1-2H3. The van der Waals surface area contributed by atoms with E-state index in [0.29, 0.717) is 22.6 Å². The molecular formula is C14H18F3N3O. The third-order valence-electron chi connectivity index (χ3n) is 3.79. The SMILES string of the molecule is CC1(C)C(=O)N(CCCC(F)(F)F)c2cc(N)c(N)cc21. The van der Waals surface area contributed by atoms with Crippen molar-refractivity contribution in [1.82, 2.24) is 0 Å². The Morgan fingerprint density at radius 3 is 2.33 bits per heavy atom. The third kappa shape index (κ3) is 2.77. The number of anilines is 3. The van der Waals surface area contributed by atoms with Crippen LogP contribution in [-0.2, 0) is 10.2 Å². The zero-order valence-corrected chi connectivity index (χ0v) is 11.9. The second-order valence-electron chi connectivity index (χ2n) is 5.80. The maximum Gasteiger partial charge on any atom is 0.389 e. The minimum Gasteiger partial charge on any atom is -0.397 e. The lowest BCUT2D eigenvalue weighted by molar-refractivity contribution is -0.135. The van der Waals surface area contributed by atoms with Crippen LogP contribution in [0.2, 0.25) is 0 Å². The average Bonchev–Trinajstić information content (AvgIpc) is 2.51. The van der Waals surface area contributed by atoms with E-state index in [4.69, 9.17) is 11.5 Å². The molecule has 0 saturated heterocycles. The number of benzene rings is 1. The quantitative estimate of drug-likeness (QED) is 0.843. The van der Waals surface area contributed by atoms with Gasteiger partial charge in [0.05, 0.1) is 22.5 Å². The lowest BCUT2D eigenvalue weighted by atomic mass is 9.86. The fourth-order valence-electron chi connectivity index (χ4n) is 2.57. The van der Waals surface area contributed by atoms with Crippen molar-refractivity contribution in [2.24, 2.45) is 0 Å². The second-order valence-corrected chi connectivity index (χ2v) is 5.80. The summed E-state index contributed by atoms with van der Waals surface area (Å²) >= 11 is 0. The number of nitrogens with two attached hydrogens (primary N) is 2. The van der Waals surface area contributed by atoms with Gasteiger partial charge in [-0.25, -0.2) is 0 Å². The number of halogens is 3. The first-order valence-electron chi connectivity index (χ1n) is 6.62. The highest BCUT2D eigenvalue weighted by Gasteiger charge is 2.44. The predicted molar refractivity (Wildman–Crippen MR) is 75.9 cm³/mol. The zero-order valence-electron chi connectivity index (χ0n) is 11.9. The Balaban J connectivity index is 2.29. The van der Waals surface area contributed by atoms with E-state index in [2.05, 4.69) is 0 Å². The summed E-state index contributed by atoms with van der Waals surface area (Å²) < 4.78 is 36.8. The molecule has 7 heteroatoms. The van der Waals surface area contributed by atoms with Gasteiger partial charge in [0.1, 0.15) is 0 Å². The molecule has 1 heterocycles. The molecule has 2 rings (SSSR count). The van der Waals surface area contributed by atoms with Gasteiger partial charge in [-0.2, -0.15) is 13.2 Å². The van der Waals surface area contributed by atoms with E-state index in [1.54, 1.807) is 26.0 Å². The number of nitrogens with zero attached hydrogens (tertiary/aromatic N) is 1. The van der Waals surface area contributed by atoms with Crippen LogP contribution in [0.15, 0.2) is 12.1 Å². The molecule has 1 aromatic carbocycles. The molecule has 0 radical (unpaired) electrons. The molecule has 1 amide bonds. The van der Waals surface area contributed by atoms with Crippen LogP contribution in [0, 0.1) is 0 Å². The average molecular weight is 301 g/mol. The minimum atomic E-state index is -4.22. The van der Waals surface area contributed by atoms with Gasteiger partial charge in [-0.3, -0.25) is 4.79 Å². The van der Waals surface area contributed by atoms with Crippen LogP contribution in [0.3, 0.4) is 0 Å². The summed E-state index contributed by atoms with van der Waals surface area (Å²) in [5.74, 6) is -0.232. The Bertz CT molecular complexity index is 582. The molecule has 0 atom stereocenters. The maximum absolute atomic E-state index is 12.4. The van der Waals surface area contributed by atoms with Crippen LogP contribution < -0.4 is 16.4 Å². The van der Waals surface area contributed by atoms with Crippen LogP contribution in [0.4, 0.5) is 30.2 Å². The van der Waals surface area contributed by atoms with Gasteiger partial charge in [0.25, 0.3) is 0 Å². The number of fused-ring (bicyclic) bond motifs is 1. The molecule has 0 aromatic heterocycles. The Morgan fingerprint density at radius 2 is 1.76 bits per heavy atom. The zero-order chi connectivity index (χ0) is 16.0. The monoisotopic (exact) mass is 301 g/mol. The number of amides is 1. The van der Waals surface area contributed by atoms with Crippen molar-refractivity contribution in [1.29, 1.82) is 0 Å². The smallest absolute Gasteiger partial charge is 0.389 e. The fourth-order valence-corrected chi connectivity index (χ4v) is 2.57. The molecule has 116 valence electrons. The first kappa shape index (κ1) is 15.5.